The van der Waals surface area contributed by atoms with Crippen molar-refractivity contribution in [1.82, 2.24) is 4.98 Å². The van der Waals surface area contributed by atoms with E-state index in [0.29, 0.717) is 33.8 Å². The third-order valence-corrected chi connectivity index (χ3v) is 5.68. The first kappa shape index (κ1) is 21.6. The van der Waals surface area contributed by atoms with Crippen LogP contribution in [0.1, 0.15) is 19.5 Å². The minimum Gasteiger partial charge on any atom is -0.495 e. The van der Waals surface area contributed by atoms with Crippen molar-refractivity contribution in [2.24, 2.45) is 0 Å². The second-order valence-electron chi connectivity index (χ2n) is 7.06. The largest absolute Gasteiger partial charge is 0.495 e. The van der Waals surface area contributed by atoms with Crippen LogP contribution in [0.2, 0.25) is 0 Å². The average Bonchev–Trinajstić information content (AvgIpc) is 3.25. The number of para-hydroxylation sites is 4. The predicted octanol–water partition coefficient (Wildman–Crippen LogP) is 4.11. The number of esters is 1. The maximum absolute atomic E-state index is 12.6. The lowest BCUT2D eigenvalue weighted by atomic mass is 10.2. The Kier molecular flexibility index (Phi) is 6.27. The minimum absolute atomic E-state index is 0.0543. The summed E-state index contributed by atoms with van der Waals surface area (Å²) < 4.78 is 22.3. The first-order chi connectivity index (χ1) is 15.5. The second-order valence-corrected chi connectivity index (χ2v) is 7.90. The fourth-order valence-electron chi connectivity index (χ4n) is 3.29. The molecule has 0 aliphatic carbocycles. The van der Waals surface area contributed by atoms with E-state index in [0.717, 1.165) is 0 Å². The molecular formula is C23H22N2O6S. The van der Waals surface area contributed by atoms with Crippen LogP contribution in [-0.4, -0.2) is 36.2 Å². The van der Waals surface area contributed by atoms with Crippen molar-refractivity contribution in [2.45, 2.75) is 32.7 Å². The molecule has 0 unspecified atom stereocenters. The zero-order valence-corrected chi connectivity index (χ0v) is 18.6. The van der Waals surface area contributed by atoms with Crippen molar-refractivity contribution in [3.8, 4) is 17.2 Å². The fourth-order valence-corrected chi connectivity index (χ4v) is 4.16. The van der Waals surface area contributed by atoms with E-state index in [4.69, 9.17) is 18.9 Å². The van der Waals surface area contributed by atoms with Gasteiger partial charge in [-0.05, 0) is 31.2 Å². The number of methoxy groups -OCH3 is 1. The molecule has 0 N–H and O–H groups in total. The van der Waals surface area contributed by atoms with Crippen LogP contribution in [0.15, 0.2) is 53.9 Å². The Balaban J connectivity index is 1.45. The van der Waals surface area contributed by atoms with E-state index < -0.39 is 18.2 Å². The molecule has 1 aliphatic rings. The van der Waals surface area contributed by atoms with Crippen LogP contribution >= 0.6 is 11.3 Å². The van der Waals surface area contributed by atoms with E-state index >= 15 is 0 Å². The Bertz CT molecular complexity index is 1130. The number of rotatable bonds is 6. The Morgan fingerprint density at radius 3 is 2.50 bits per heavy atom. The number of carbonyl (C=O) groups is 2. The highest BCUT2D eigenvalue weighted by Gasteiger charge is 2.35. The summed E-state index contributed by atoms with van der Waals surface area (Å²) in [6.07, 6.45) is -1.38. The van der Waals surface area contributed by atoms with Gasteiger partial charge in [0.15, 0.2) is 16.6 Å². The number of hydrogen-bond donors (Lipinski definition) is 0. The monoisotopic (exact) mass is 454 g/mol. The molecule has 2 heterocycles. The van der Waals surface area contributed by atoms with E-state index in [2.05, 4.69) is 4.98 Å². The van der Waals surface area contributed by atoms with E-state index in [1.54, 1.807) is 49.7 Å². The summed E-state index contributed by atoms with van der Waals surface area (Å²) in [5.74, 6) is 0.878. The lowest BCUT2D eigenvalue weighted by Crippen LogP contribution is -2.44. The average molecular weight is 455 g/mol. The summed E-state index contributed by atoms with van der Waals surface area (Å²) in [6.45, 7) is 3.15. The molecule has 0 spiro atoms. The molecule has 0 saturated heterocycles. The summed E-state index contributed by atoms with van der Waals surface area (Å²) in [7, 11) is 1.54. The molecule has 4 rings (SSSR count). The van der Waals surface area contributed by atoms with Gasteiger partial charge in [-0.15, -0.1) is 11.3 Å². The number of nitrogens with zero attached hydrogens (tertiary/aromatic N) is 2. The standard InChI is InChI=1S/C23H22N2O6S/c1-14-21(31-20-11-7-6-10-19(20)30-14)22(27)29-12-16-13-32-23(24-16)25(15(2)26)17-8-4-5-9-18(17)28-3/h4-11,13-14,21H,12H2,1-3H3/t14-,21-/m0/s1. The predicted molar refractivity (Wildman–Crippen MR) is 119 cm³/mol. The van der Waals surface area contributed by atoms with Crippen LogP contribution in [0.3, 0.4) is 0 Å². The maximum atomic E-state index is 12.6. The zero-order valence-electron chi connectivity index (χ0n) is 17.8. The summed E-state index contributed by atoms with van der Waals surface area (Å²) in [5, 5.41) is 2.19. The van der Waals surface area contributed by atoms with Crippen LogP contribution in [0.4, 0.5) is 10.8 Å². The van der Waals surface area contributed by atoms with E-state index in [1.807, 2.05) is 18.2 Å². The molecule has 1 aromatic heterocycles. The summed E-state index contributed by atoms with van der Waals surface area (Å²) >= 11 is 1.27. The highest BCUT2D eigenvalue weighted by Crippen LogP contribution is 2.36. The van der Waals surface area contributed by atoms with Crippen LogP contribution in [0.25, 0.3) is 0 Å². The smallest absolute Gasteiger partial charge is 0.351 e. The number of amides is 1. The van der Waals surface area contributed by atoms with Gasteiger partial charge in [0.2, 0.25) is 12.0 Å². The molecule has 0 fully saturated rings. The molecule has 9 heteroatoms. The van der Waals surface area contributed by atoms with Crippen LogP contribution in [0, 0.1) is 0 Å². The van der Waals surface area contributed by atoms with Gasteiger partial charge in [-0.3, -0.25) is 9.69 Å². The molecule has 1 amide bonds. The number of carbonyl (C=O) groups excluding carboxylic acids is 2. The minimum atomic E-state index is -0.884. The third-order valence-electron chi connectivity index (χ3n) is 4.81. The number of hydrogen-bond acceptors (Lipinski definition) is 8. The zero-order chi connectivity index (χ0) is 22.7. The molecule has 0 bridgehead atoms. The van der Waals surface area contributed by atoms with Crippen LogP contribution in [0.5, 0.6) is 17.2 Å². The Morgan fingerprint density at radius 1 is 1.09 bits per heavy atom. The molecule has 3 aromatic rings. The maximum Gasteiger partial charge on any atom is 0.351 e. The SMILES string of the molecule is COc1ccccc1N(C(C)=O)c1nc(COC(=O)[C@H]2Oc3ccccc3O[C@H]2C)cs1. The number of thiazole rings is 1. The molecular weight excluding hydrogens is 432 g/mol. The number of anilines is 2. The van der Waals surface area contributed by atoms with Crippen molar-refractivity contribution < 1.29 is 28.5 Å². The third kappa shape index (κ3) is 4.38. The van der Waals surface area contributed by atoms with Gasteiger partial charge < -0.3 is 18.9 Å². The van der Waals surface area contributed by atoms with Crippen molar-refractivity contribution in [2.75, 3.05) is 12.0 Å². The molecule has 2 atom stereocenters. The van der Waals surface area contributed by atoms with Crippen molar-refractivity contribution in [3.63, 3.8) is 0 Å². The van der Waals surface area contributed by atoms with Crippen molar-refractivity contribution >= 4 is 34.0 Å². The van der Waals surface area contributed by atoms with Gasteiger partial charge in [0.1, 0.15) is 18.5 Å². The topological polar surface area (TPSA) is 87.2 Å². The lowest BCUT2D eigenvalue weighted by molar-refractivity contribution is -0.159. The van der Waals surface area contributed by atoms with Gasteiger partial charge in [0, 0.05) is 12.3 Å². The Morgan fingerprint density at radius 2 is 1.78 bits per heavy atom. The number of ether oxygens (including phenoxy) is 4. The summed E-state index contributed by atoms with van der Waals surface area (Å²) in [4.78, 5) is 30.9. The number of benzene rings is 2. The number of aromatic nitrogens is 1. The quantitative estimate of drug-likeness (QED) is 0.518. The summed E-state index contributed by atoms with van der Waals surface area (Å²) in [6, 6.07) is 14.4. The molecule has 32 heavy (non-hydrogen) atoms. The molecule has 8 nitrogen and oxygen atoms in total. The summed E-state index contributed by atoms with van der Waals surface area (Å²) in [5.41, 5.74) is 1.10. The second kappa shape index (κ2) is 9.27. The molecule has 0 saturated carbocycles. The normalized spacial score (nSPS) is 16.8. The lowest BCUT2D eigenvalue weighted by Gasteiger charge is -2.30. The molecule has 166 valence electrons. The highest BCUT2D eigenvalue weighted by molar-refractivity contribution is 7.14. The molecule has 0 radical (unpaired) electrons. The van der Waals surface area contributed by atoms with Gasteiger partial charge in [-0.2, -0.15) is 0 Å². The van der Waals surface area contributed by atoms with Crippen LogP contribution < -0.4 is 19.1 Å². The first-order valence-electron chi connectivity index (χ1n) is 9.95. The van der Waals surface area contributed by atoms with E-state index in [1.165, 1.54) is 23.2 Å². The van der Waals surface area contributed by atoms with Gasteiger partial charge in [-0.25, -0.2) is 9.78 Å². The van der Waals surface area contributed by atoms with Gasteiger partial charge in [0.25, 0.3) is 0 Å². The number of fused-ring (bicyclic) bond motifs is 1. The van der Waals surface area contributed by atoms with Crippen molar-refractivity contribution in [3.05, 3.63) is 59.6 Å². The van der Waals surface area contributed by atoms with Gasteiger partial charge >= 0.3 is 5.97 Å². The van der Waals surface area contributed by atoms with Gasteiger partial charge in [0.05, 0.1) is 18.5 Å². The van der Waals surface area contributed by atoms with Crippen molar-refractivity contribution in [1.29, 1.82) is 0 Å². The van der Waals surface area contributed by atoms with E-state index in [-0.39, 0.29) is 12.5 Å². The van der Waals surface area contributed by atoms with Crippen LogP contribution in [-0.2, 0) is 20.9 Å². The van der Waals surface area contributed by atoms with E-state index in [9.17, 15) is 9.59 Å². The Labute approximate surface area is 189 Å². The van der Waals surface area contributed by atoms with Gasteiger partial charge in [-0.1, -0.05) is 24.3 Å². The first-order valence-corrected chi connectivity index (χ1v) is 10.8. The molecule has 2 aromatic carbocycles. The fraction of sp³-hybridized carbons (Fsp3) is 0.261. The molecule has 1 aliphatic heterocycles. The highest BCUT2D eigenvalue weighted by atomic mass is 32.1. The Hall–Kier alpha value is -3.59.